The van der Waals surface area contributed by atoms with E-state index in [1.165, 1.54) is 11.0 Å². The lowest BCUT2D eigenvalue weighted by molar-refractivity contribution is 0.150. The molecule has 0 spiro atoms. The van der Waals surface area contributed by atoms with Crippen molar-refractivity contribution in [3.63, 3.8) is 0 Å². The van der Waals surface area contributed by atoms with Crippen molar-refractivity contribution in [3.8, 4) is 11.1 Å². The molecule has 2 aromatic rings. The normalized spacial score (nSPS) is 15.0. The van der Waals surface area contributed by atoms with Gasteiger partial charge in [-0.15, -0.1) is 0 Å². The molecule has 1 N–H and O–H groups in total. The van der Waals surface area contributed by atoms with Crippen LogP contribution in [0.25, 0.3) is 11.1 Å². The SMILES string of the molecule is CC.CC.CC1CN(c2ccc(-c3ccc(CNCCCF)cc3)c(F)c2)C(=O)O1. The van der Waals surface area contributed by atoms with E-state index in [0.717, 1.165) is 11.1 Å². The molecule has 0 aliphatic carbocycles. The highest BCUT2D eigenvalue weighted by atomic mass is 19.1. The van der Waals surface area contributed by atoms with Gasteiger partial charge in [-0.1, -0.05) is 52.0 Å². The molecule has 0 bridgehead atoms. The standard InChI is InChI=1S/C20H22F2N2O2.2C2H6/c1-14-13-24(20(25)26-14)17-7-8-18(19(22)11-17)16-5-3-15(4-6-16)12-23-10-2-9-21;2*1-2/h3-8,11,14,23H,2,9-10,12-13H2,1H3;2*1-2H3. The molecule has 2 aromatic carbocycles. The van der Waals surface area contributed by atoms with Crippen LogP contribution in [0.15, 0.2) is 42.5 Å². The van der Waals surface area contributed by atoms with E-state index in [9.17, 15) is 13.6 Å². The van der Waals surface area contributed by atoms with E-state index in [4.69, 9.17) is 4.74 Å². The molecule has 3 rings (SSSR count). The highest BCUT2D eigenvalue weighted by molar-refractivity contribution is 5.90. The fraction of sp³-hybridized carbons (Fsp3) is 0.458. The van der Waals surface area contributed by atoms with Crippen LogP contribution in [0.1, 0.15) is 46.6 Å². The maximum atomic E-state index is 14.6. The summed E-state index contributed by atoms with van der Waals surface area (Å²) >= 11 is 0. The molecule has 1 fully saturated rings. The van der Waals surface area contributed by atoms with Crippen LogP contribution in [0.4, 0.5) is 19.3 Å². The second-order valence-electron chi connectivity index (χ2n) is 6.39. The minimum Gasteiger partial charge on any atom is -0.444 e. The summed E-state index contributed by atoms with van der Waals surface area (Å²) < 4.78 is 31.7. The molecule has 0 aromatic heterocycles. The number of amides is 1. The number of rotatable bonds is 7. The predicted molar refractivity (Wildman–Crippen MR) is 120 cm³/mol. The number of carbonyl (C=O) groups excluding carboxylic acids is 1. The van der Waals surface area contributed by atoms with Crippen LogP contribution in [0, 0.1) is 5.82 Å². The van der Waals surface area contributed by atoms with E-state index >= 15 is 0 Å². The van der Waals surface area contributed by atoms with Gasteiger partial charge in [0.25, 0.3) is 0 Å². The maximum Gasteiger partial charge on any atom is 0.414 e. The zero-order valence-corrected chi connectivity index (χ0v) is 18.7. The van der Waals surface area contributed by atoms with Crippen LogP contribution in [0.5, 0.6) is 0 Å². The Labute approximate surface area is 179 Å². The molecule has 166 valence electrons. The van der Waals surface area contributed by atoms with Gasteiger partial charge in [-0.2, -0.15) is 0 Å². The molecule has 0 radical (unpaired) electrons. The van der Waals surface area contributed by atoms with Gasteiger partial charge in [-0.25, -0.2) is 9.18 Å². The van der Waals surface area contributed by atoms with Crippen molar-refractivity contribution < 1.29 is 18.3 Å². The van der Waals surface area contributed by atoms with Gasteiger partial charge in [-0.3, -0.25) is 9.29 Å². The summed E-state index contributed by atoms with van der Waals surface area (Å²) in [6.07, 6.45) is -0.149. The summed E-state index contributed by atoms with van der Waals surface area (Å²) in [7, 11) is 0. The number of cyclic esters (lactones) is 1. The number of hydrogen-bond donors (Lipinski definition) is 1. The zero-order valence-electron chi connectivity index (χ0n) is 18.7. The van der Waals surface area contributed by atoms with Crippen molar-refractivity contribution in [2.75, 3.05) is 24.7 Å². The van der Waals surface area contributed by atoms with Crippen LogP contribution in [0.2, 0.25) is 0 Å². The summed E-state index contributed by atoms with van der Waals surface area (Å²) in [5.41, 5.74) is 2.79. The van der Waals surface area contributed by atoms with E-state index in [1.54, 1.807) is 19.1 Å². The molecule has 4 nitrogen and oxygen atoms in total. The quantitative estimate of drug-likeness (QED) is 0.532. The molecule has 1 aliphatic rings. The first-order valence-corrected chi connectivity index (χ1v) is 10.7. The Morgan fingerprint density at radius 2 is 1.77 bits per heavy atom. The number of hydrogen-bond acceptors (Lipinski definition) is 3. The van der Waals surface area contributed by atoms with Crippen LogP contribution >= 0.6 is 0 Å². The van der Waals surface area contributed by atoms with Crippen LogP contribution in [-0.2, 0) is 11.3 Å². The highest BCUT2D eigenvalue weighted by Gasteiger charge is 2.29. The van der Waals surface area contributed by atoms with Crippen LogP contribution < -0.4 is 10.2 Å². The molecule has 1 aliphatic heterocycles. The van der Waals surface area contributed by atoms with E-state index in [2.05, 4.69) is 5.32 Å². The van der Waals surface area contributed by atoms with Gasteiger partial charge in [0.05, 0.1) is 18.9 Å². The van der Waals surface area contributed by atoms with Crippen LogP contribution in [0.3, 0.4) is 0 Å². The maximum absolute atomic E-state index is 14.6. The summed E-state index contributed by atoms with van der Waals surface area (Å²) in [4.78, 5) is 13.2. The van der Waals surface area contributed by atoms with Gasteiger partial charge in [0.2, 0.25) is 0 Å². The lowest BCUT2D eigenvalue weighted by atomic mass is 10.0. The van der Waals surface area contributed by atoms with Crippen molar-refractivity contribution >= 4 is 11.8 Å². The molecule has 1 heterocycles. The third-order valence-corrected chi connectivity index (χ3v) is 4.31. The molecule has 30 heavy (non-hydrogen) atoms. The van der Waals surface area contributed by atoms with Gasteiger partial charge in [0.1, 0.15) is 11.9 Å². The van der Waals surface area contributed by atoms with E-state index in [1.807, 2.05) is 52.0 Å². The Hall–Kier alpha value is -2.47. The number of halogens is 2. The number of anilines is 1. The van der Waals surface area contributed by atoms with E-state index < -0.39 is 6.09 Å². The molecule has 1 amide bonds. The summed E-state index contributed by atoms with van der Waals surface area (Å²) in [5.74, 6) is -0.385. The average Bonchev–Trinajstić information content (AvgIpc) is 3.12. The Morgan fingerprint density at radius 1 is 1.10 bits per heavy atom. The number of ether oxygens (including phenoxy) is 1. The van der Waals surface area contributed by atoms with Gasteiger partial charge in [-0.05, 0) is 49.2 Å². The lowest BCUT2D eigenvalue weighted by Crippen LogP contribution is -2.24. The van der Waals surface area contributed by atoms with Gasteiger partial charge < -0.3 is 10.1 Å². The number of nitrogens with zero attached hydrogens (tertiary/aromatic N) is 1. The second kappa shape index (κ2) is 13.7. The molecule has 6 heteroatoms. The Kier molecular flexibility index (Phi) is 11.7. The predicted octanol–water partition coefficient (Wildman–Crippen LogP) is 6.34. The number of carbonyl (C=O) groups is 1. The Bertz CT molecular complexity index is 766. The average molecular weight is 421 g/mol. The molecule has 1 unspecified atom stereocenters. The first-order valence-electron chi connectivity index (χ1n) is 10.7. The monoisotopic (exact) mass is 420 g/mol. The zero-order chi connectivity index (χ0) is 22.5. The number of alkyl halides is 1. The molecule has 1 saturated heterocycles. The first kappa shape index (κ1) is 25.6. The fourth-order valence-corrected chi connectivity index (χ4v) is 2.95. The smallest absolute Gasteiger partial charge is 0.414 e. The molecule has 1 atom stereocenters. The highest BCUT2D eigenvalue weighted by Crippen LogP contribution is 2.29. The van der Waals surface area contributed by atoms with Crippen LogP contribution in [-0.4, -0.2) is 32.0 Å². The number of benzene rings is 2. The van der Waals surface area contributed by atoms with E-state index in [-0.39, 0.29) is 18.6 Å². The second-order valence-corrected chi connectivity index (χ2v) is 6.39. The topological polar surface area (TPSA) is 41.6 Å². The molecular weight excluding hydrogens is 386 g/mol. The Morgan fingerprint density at radius 3 is 2.30 bits per heavy atom. The van der Waals surface area contributed by atoms with Crippen molar-refractivity contribution in [1.29, 1.82) is 0 Å². The van der Waals surface area contributed by atoms with E-state index in [0.29, 0.717) is 37.3 Å². The van der Waals surface area contributed by atoms with Crippen molar-refractivity contribution in [1.82, 2.24) is 5.32 Å². The fourth-order valence-electron chi connectivity index (χ4n) is 2.95. The first-order chi connectivity index (χ1) is 14.6. The largest absolute Gasteiger partial charge is 0.444 e. The third kappa shape index (κ3) is 7.10. The van der Waals surface area contributed by atoms with Gasteiger partial charge >= 0.3 is 6.09 Å². The summed E-state index contributed by atoms with van der Waals surface area (Å²) in [6, 6.07) is 12.3. The van der Waals surface area contributed by atoms with Crippen molar-refractivity contribution in [3.05, 3.63) is 53.8 Å². The van der Waals surface area contributed by atoms with Gasteiger partial charge in [0, 0.05) is 12.1 Å². The number of nitrogens with one attached hydrogen (secondary N) is 1. The minimum absolute atomic E-state index is 0.198. The van der Waals surface area contributed by atoms with Crippen molar-refractivity contribution in [2.24, 2.45) is 0 Å². The third-order valence-electron chi connectivity index (χ3n) is 4.31. The Balaban J connectivity index is 0.00000106. The summed E-state index contributed by atoms with van der Waals surface area (Å²) in [5, 5.41) is 3.16. The van der Waals surface area contributed by atoms with Crippen molar-refractivity contribution in [2.45, 2.75) is 53.7 Å². The summed E-state index contributed by atoms with van der Waals surface area (Å²) in [6.45, 7) is 11.2. The lowest BCUT2D eigenvalue weighted by Gasteiger charge is -2.14. The minimum atomic E-state index is -0.450. The van der Waals surface area contributed by atoms with Gasteiger partial charge in [0.15, 0.2) is 0 Å². The molecular formula is C24H34F2N2O2. The molecule has 0 saturated carbocycles.